The van der Waals surface area contributed by atoms with E-state index in [0.29, 0.717) is 40.0 Å². The lowest BCUT2D eigenvalue weighted by molar-refractivity contribution is 0.578. The lowest BCUT2D eigenvalue weighted by Crippen LogP contribution is -1.94. The van der Waals surface area contributed by atoms with Crippen molar-refractivity contribution in [2.24, 2.45) is 0 Å². The van der Waals surface area contributed by atoms with Crippen molar-refractivity contribution >= 4 is 11.3 Å². The van der Waals surface area contributed by atoms with Crippen molar-refractivity contribution in [3.63, 3.8) is 0 Å². The summed E-state index contributed by atoms with van der Waals surface area (Å²) in [6.07, 6.45) is 6.64. The molecule has 0 bridgehead atoms. The second-order valence-electron chi connectivity index (χ2n) is 5.37. The predicted molar refractivity (Wildman–Crippen MR) is 90.3 cm³/mol. The van der Waals surface area contributed by atoms with Gasteiger partial charge in [0.05, 0.1) is 12.5 Å². The molecule has 0 saturated carbocycles. The number of pyridine rings is 1. The molecule has 5 heterocycles. The van der Waals surface area contributed by atoms with Gasteiger partial charge in [0.1, 0.15) is 11.4 Å². The molecular weight excluding hydrogens is 318 g/mol. The third-order valence-electron chi connectivity index (χ3n) is 3.79. The molecule has 5 aromatic heterocycles. The van der Waals surface area contributed by atoms with E-state index >= 15 is 0 Å². The molecule has 120 valence electrons. The number of imidazole rings is 1. The Morgan fingerprint density at radius 2 is 1.52 bits per heavy atom. The molecule has 0 radical (unpaired) electrons. The quantitative estimate of drug-likeness (QED) is 0.539. The van der Waals surface area contributed by atoms with Gasteiger partial charge >= 0.3 is 0 Å². The number of nitrogens with one attached hydrogen (secondary N) is 1. The third-order valence-corrected chi connectivity index (χ3v) is 3.79. The maximum Gasteiger partial charge on any atom is 0.198 e. The maximum absolute atomic E-state index is 5.54. The monoisotopic (exact) mass is 329 g/mol. The lowest BCUT2D eigenvalue weighted by Gasteiger charge is -2.05. The standard InChI is InChI=1S/C18H11N5O2/c1-3-12(24-9-1)15-14(11-5-7-19-8-6-11)20-17-18(21-15)23-16(22-17)13-4-2-10-25-13/h1-10H,(H,20,21,22,23). The van der Waals surface area contributed by atoms with Crippen molar-refractivity contribution in [2.45, 2.75) is 0 Å². The average molecular weight is 329 g/mol. The van der Waals surface area contributed by atoms with Crippen LogP contribution in [0.1, 0.15) is 0 Å². The first-order valence-electron chi connectivity index (χ1n) is 7.64. The molecule has 5 aromatic rings. The molecular formula is C18H11N5O2. The molecule has 0 aliphatic carbocycles. The van der Waals surface area contributed by atoms with Crippen LogP contribution < -0.4 is 0 Å². The second kappa shape index (κ2) is 5.41. The Morgan fingerprint density at radius 3 is 2.24 bits per heavy atom. The minimum Gasteiger partial charge on any atom is -0.463 e. The molecule has 0 saturated heterocycles. The SMILES string of the molecule is c1coc(-c2nc3nc(-c4ccncc4)c(-c4ccco4)nc3[nH]2)c1. The minimum atomic E-state index is 0.508. The van der Waals surface area contributed by atoms with Gasteiger partial charge in [-0.25, -0.2) is 15.0 Å². The zero-order valence-electron chi connectivity index (χ0n) is 12.9. The van der Waals surface area contributed by atoms with E-state index in [4.69, 9.17) is 13.8 Å². The number of furan rings is 2. The zero-order valence-corrected chi connectivity index (χ0v) is 12.9. The smallest absolute Gasteiger partial charge is 0.198 e. The fraction of sp³-hybridized carbons (Fsp3) is 0. The number of hydrogen-bond acceptors (Lipinski definition) is 6. The van der Waals surface area contributed by atoms with Crippen molar-refractivity contribution in [2.75, 3.05) is 0 Å². The first-order valence-corrected chi connectivity index (χ1v) is 7.64. The molecule has 25 heavy (non-hydrogen) atoms. The number of aromatic nitrogens is 5. The summed E-state index contributed by atoms with van der Waals surface area (Å²) in [6, 6.07) is 11.1. The van der Waals surface area contributed by atoms with E-state index in [2.05, 4.69) is 19.9 Å². The Kier molecular flexibility index (Phi) is 2.96. The Bertz CT molecular complexity index is 1130. The molecule has 0 aromatic carbocycles. The van der Waals surface area contributed by atoms with E-state index in [0.717, 1.165) is 5.56 Å². The molecule has 0 unspecified atom stereocenters. The summed E-state index contributed by atoms with van der Waals surface area (Å²) >= 11 is 0. The Labute approximate surface area is 141 Å². The largest absolute Gasteiger partial charge is 0.463 e. The Hall–Kier alpha value is -3.74. The van der Waals surface area contributed by atoms with Crippen molar-refractivity contribution in [3.8, 4) is 34.3 Å². The number of nitrogens with zero attached hydrogens (tertiary/aromatic N) is 4. The van der Waals surface area contributed by atoms with E-state index in [9.17, 15) is 0 Å². The van der Waals surface area contributed by atoms with Gasteiger partial charge in [-0.1, -0.05) is 0 Å². The molecule has 0 aliphatic rings. The number of hydrogen-bond donors (Lipinski definition) is 1. The normalized spacial score (nSPS) is 11.2. The summed E-state index contributed by atoms with van der Waals surface area (Å²) in [4.78, 5) is 21.1. The van der Waals surface area contributed by atoms with Crippen LogP contribution in [0.2, 0.25) is 0 Å². The van der Waals surface area contributed by atoms with Crippen LogP contribution in [0.25, 0.3) is 45.6 Å². The van der Waals surface area contributed by atoms with E-state index in [1.54, 1.807) is 31.0 Å². The Balaban J connectivity index is 1.77. The van der Waals surface area contributed by atoms with Gasteiger partial charge in [-0.3, -0.25) is 4.98 Å². The lowest BCUT2D eigenvalue weighted by atomic mass is 10.1. The number of fused-ring (bicyclic) bond motifs is 1. The molecule has 7 nitrogen and oxygen atoms in total. The van der Waals surface area contributed by atoms with Gasteiger partial charge < -0.3 is 13.8 Å². The van der Waals surface area contributed by atoms with Crippen molar-refractivity contribution in [1.82, 2.24) is 24.9 Å². The van der Waals surface area contributed by atoms with Crippen LogP contribution in [0.5, 0.6) is 0 Å². The van der Waals surface area contributed by atoms with E-state index < -0.39 is 0 Å². The molecule has 5 rings (SSSR count). The third kappa shape index (κ3) is 2.29. The first-order chi connectivity index (χ1) is 12.4. The molecule has 0 aliphatic heterocycles. The van der Waals surface area contributed by atoms with Crippen LogP contribution in [0.3, 0.4) is 0 Å². The van der Waals surface area contributed by atoms with Gasteiger partial charge in [-0.2, -0.15) is 0 Å². The van der Waals surface area contributed by atoms with Crippen LogP contribution in [0, 0.1) is 0 Å². The summed E-state index contributed by atoms with van der Waals surface area (Å²) in [5.74, 6) is 1.84. The molecule has 0 spiro atoms. The van der Waals surface area contributed by atoms with Crippen molar-refractivity contribution in [1.29, 1.82) is 0 Å². The maximum atomic E-state index is 5.54. The van der Waals surface area contributed by atoms with Crippen LogP contribution in [0.15, 0.2) is 70.2 Å². The number of H-pyrrole nitrogens is 1. The van der Waals surface area contributed by atoms with Crippen LogP contribution in [-0.2, 0) is 0 Å². The predicted octanol–water partition coefficient (Wildman–Crippen LogP) is 3.93. The van der Waals surface area contributed by atoms with Crippen LogP contribution >= 0.6 is 0 Å². The van der Waals surface area contributed by atoms with Gasteiger partial charge in [0.2, 0.25) is 0 Å². The second-order valence-corrected chi connectivity index (χ2v) is 5.37. The van der Waals surface area contributed by atoms with E-state index in [1.165, 1.54) is 0 Å². The number of rotatable bonds is 3. The van der Waals surface area contributed by atoms with Crippen LogP contribution in [0.4, 0.5) is 0 Å². The summed E-state index contributed by atoms with van der Waals surface area (Å²) in [5, 5.41) is 0. The highest BCUT2D eigenvalue weighted by Gasteiger charge is 2.18. The van der Waals surface area contributed by atoms with E-state index in [1.807, 2.05) is 30.3 Å². The van der Waals surface area contributed by atoms with Crippen molar-refractivity contribution < 1.29 is 8.83 Å². The first kappa shape index (κ1) is 13.7. The summed E-state index contributed by atoms with van der Waals surface area (Å²) < 4.78 is 10.9. The van der Waals surface area contributed by atoms with Gasteiger partial charge in [-0.05, 0) is 36.4 Å². The van der Waals surface area contributed by atoms with Gasteiger partial charge in [0.25, 0.3) is 0 Å². The highest BCUT2D eigenvalue weighted by atomic mass is 16.3. The fourth-order valence-corrected chi connectivity index (χ4v) is 2.66. The molecule has 0 amide bonds. The Morgan fingerprint density at radius 1 is 0.760 bits per heavy atom. The highest BCUT2D eigenvalue weighted by Crippen LogP contribution is 2.31. The fourth-order valence-electron chi connectivity index (χ4n) is 2.66. The molecule has 0 fully saturated rings. The minimum absolute atomic E-state index is 0.508. The van der Waals surface area contributed by atoms with Gasteiger partial charge in [-0.15, -0.1) is 0 Å². The average Bonchev–Trinajstić information content (AvgIpc) is 3.41. The topological polar surface area (TPSA) is 93.6 Å². The van der Waals surface area contributed by atoms with Gasteiger partial charge in [0, 0.05) is 18.0 Å². The van der Waals surface area contributed by atoms with E-state index in [-0.39, 0.29) is 0 Å². The number of aromatic amines is 1. The molecule has 1 N–H and O–H groups in total. The summed E-state index contributed by atoms with van der Waals surface area (Å²) in [7, 11) is 0. The zero-order chi connectivity index (χ0) is 16.6. The van der Waals surface area contributed by atoms with Crippen molar-refractivity contribution in [3.05, 3.63) is 61.3 Å². The molecule has 0 atom stereocenters. The summed E-state index contributed by atoms with van der Waals surface area (Å²) in [5.41, 5.74) is 3.28. The molecule has 7 heteroatoms. The van der Waals surface area contributed by atoms with Gasteiger partial charge in [0.15, 0.2) is 28.6 Å². The highest BCUT2D eigenvalue weighted by molar-refractivity contribution is 5.82. The van der Waals surface area contributed by atoms with Crippen LogP contribution in [-0.4, -0.2) is 24.9 Å². The summed E-state index contributed by atoms with van der Waals surface area (Å²) in [6.45, 7) is 0.